The van der Waals surface area contributed by atoms with Gasteiger partial charge in [0.1, 0.15) is 11.8 Å². The number of nitrogens with two attached hydrogens (primary N) is 1. The summed E-state index contributed by atoms with van der Waals surface area (Å²) < 4.78 is 5.76. The third-order valence-electron chi connectivity index (χ3n) is 4.78. The Bertz CT molecular complexity index is 622. The van der Waals surface area contributed by atoms with Gasteiger partial charge in [-0.2, -0.15) is 0 Å². The Morgan fingerprint density at radius 3 is 2.72 bits per heavy atom. The number of rotatable bonds is 5. The van der Waals surface area contributed by atoms with Crippen molar-refractivity contribution in [3.8, 4) is 0 Å². The highest BCUT2D eigenvalue weighted by Crippen LogP contribution is 2.22. The van der Waals surface area contributed by atoms with Crippen molar-refractivity contribution in [3.05, 3.63) is 23.7 Å². The molecule has 2 aliphatic heterocycles. The van der Waals surface area contributed by atoms with Crippen LogP contribution in [0.1, 0.15) is 49.4 Å². The first-order valence-corrected chi connectivity index (χ1v) is 9.12. The maximum absolute atomic E-state index is 12.8. The van der Waals surface area contributed by atoms with Crippen molar-refractivity contribution in [3.63, 3.8) is 0 Å². The number of amides is 2. The van der Waals surface area contributed by atoms with Gasteiger partial charge >= 0.3 is 0 Å². The molecule has 0 radical (unpaired) electrons. The van der Waals surface area contributed by atoms with Crippen LogP contribution in [0.3, 0.4) is 0 Å². The van der Waals surface area contributed by atoms with Gasteiger partial charge in [-0.1, -0.05) is 0 Å². The molecule has 1 aromatic heterocycles. The second-order valence-electron chi connectivity index (χ2n) is 7.38. The van der Waals surface area contributed by atoms with Gasteiger partial charge in [0.05, 0.1) is 6.54 Å². The van der Waals surface area contributed by atoms with E-state index in [1.807, 2.05) is 19.9 Å². The molecule has 2 atom stereocenters. The van der Waals surface area contributed by atoms with Gasteiger partial charge in [-0.25, -0.2) is 0 Å². The number of likely N-dealkylation sites (tertiary alicyclic amines) is 2. The molecular formula is C18H28N4O3. The van der Waals surface area contributed by atoms with E-state index in [4.69, 9.17) is 10.2 Å². The molecule has 1 aromatic rings. The molecule has 2 aliphatic rings. The lowest BCUT2D eigenvalue weighted by Crippen LogP contribution is -2.47. The van der Waals surface area contributed by atoms with Gasteiger partial charge in [0.25, 0.3) is 5.91 Å². The number of hydrogen-bond donors (Lipinski definition) is 2. The van der Waals surface area contributed by atoms with Crippen LogP contribution >= 0.6 is 0 Å². The highest BCUT2D eigenvalue weighted by Gasteiger charge is 2.39. The molecule has 3 heterocycles. The molecule has 2 fully saturated rings. The summed E-state index contributed by atoms with van der Waals surface area (Å²) in [5, 5.41) is 2.87. The minimum absolute atomic E-state index is 0.0250. The van der Waals surface area contributed by atoms with Gasteiger partial charge in [0.2, 0.25) is 5.91 Å². The van der Waals surface area contributed by atoms with Gasteiger partial charge in [0.15, 0.2) is 5.76 Å². The van der Waals surface area contributed by atoms with Crippen LogP contribution in [0.5, 0.6) is 0 Å². The van der Waals surface area contributed by atoms with Crippen LogP contribution in [0, 0.1) is 0 Å². The zero-order chi connectivity index (χ0) is 18.0. The standard InChI is InChI=1S/C18H28N4O3/c1-12(2)20-17(23)15-9-13(19)10-22(15)18(24)16-6-5-14(25-16)11-21-7-3-4-8-21/h5-6,12-13,15H,3-4,7-11,19H2,1-2H3,(H,20,23)/t13-,15-/m0/s1. The predicted molar refractivity (Wildman–Crippen MR) is 93.9 cm³/mol. The largest absolute Gasteiger partial charge is 0.455 e. The highest BCUT2D eigenvalue weighted by atomic mass is 16.4. The van der Waals surface area contributed by atoms with E-state index in [9.17, 15) is 9.59 Å². The maximum atomic E-state index is 12.8. The van der Waals surface area contributed by atoms with E-state index in [-0.39, 0.29) is 29.7 Å². The molecule has 0 bridgehead atoms. The first-order chi connectivity index (χ1) is 11.9. The lowest BCUT2D eigenvalue weighted by Gasteiger charge is -2.23. The van der Waals surface area contributed by atoms with Crippen molar-refractivity contribution in [2.45, 2.75) is 57.8 Å². The molecule has 7 nitrogen and oxygen atoms in total. The van der Waals surface area contributed by atoms with Crippen LogP contribution in [0.2, 0.25) is 0 Å². The van der Waals surface area contributed by atoms with Crippen molar-refractivity contribution in [2.24, 2.45) is 5.73 Å². The second kappa shape index (κ2) is 7.58. The Kier molecular flexibility index (Phi) is 5.44. The van der Waals surface area contributed by atoms with Gasteiger partial charge in [-0.3, -0.25) is 14.5 Å². The summed E-state index contributed by atoms with van der Waals surface area (Å²) in [6.45, 7) is 7.04. The van der Waals surface area contributed by atoms with Crippen LogP contribution in [-0.4, -0.2) is 59.4 Å². The lowest BCUT2D eigenvalue weighted by molar-refractivity contribution is -0.125. The van der Waals surface area contributed by atoms with Crippen molar-refractivity contribution < 1.29 is 14.0 Å². The average Bonchev–Trinajstić information content (AvgIpc) is 3.27. The topological polar surface area (TPSA) is 91.8 Å². The molecule has 7 heteroatoms. The molecule has 2 amide bonds. The van der Waals surface area contributed by atoms with Crippen molar-refractivity contribution in [2.75, 3.05) is 19.6 Å². The molecule has 25 heavy (non-hydrogen) atoms. The van der Waals surface area contributed by atoms with Crippen LogP contribution in [0.25, 0.3) is 0 Å². The summed E-state index contributed by atoms with van der Waals surface area (Å²) in [4.78, 5) is 29.1. The second-order valence-corrected chi connectivity index (χ2v) is 7.38. The van der Waals surface area contributed by atoms with Crippen molar-refractivity contribution in [1.82, 2.24) is 15.1 Å². The Labute approximate surface area is 148 Å². The molecule has 3 rings (SSSR count). The van der Waals surface area contributed by atoms with E-state index in [2.05, 4.69) is 10.2 Å². The van der Waals surface area contributed by atoms with Gasteiger partial charge in [-0.15, -0.1) is 0 Å². The summed E-state index contributed by atoms with van der Waals surface area (Å²) in [7, 11) is 0. The number of furan rings is 1. The summed E-state index contributed by atoms with van der Waals surface area (Å²) in [6, 6.07) is 2.86. The Morgan fingerprint density at radius 1 is 1.32 bits per heavy atom. The quantitative estimate of drug-likeness (QED) is 0.826. The first kappa shape index (κ1) is 17.9. The van der Waals surface area contributed by atoms with Gasteiger partial charge in [0, 0.05) is 18.6 Å². The van der Waals surface area contributed by atoms with Crippen LogP contribution in [0.15, 0.2) is 16.5 Å². The normalized spacial score (nSPS) is 24.2. The molecule has 0 spiro atoms. The van der Waals surface area contributed by atoms with Crippen LogP contribution in [0.4, 0.5) is 0 Å². The van der Waals surface area contributed by atoms with Crippen molar-refractivity contribution in [1.29, 1.82) is 0 Å². The van der Waals surface area contributed by atoms with E-state index >= 15 is 0 Å². The smallest absolute Gasteiger partial charge is 0.290 e. The minimum atomic E-state index is -0.531. The fourth-order valence-electron chi connectivity index (χ4n) is 3.60. The van der Waals surface area contributed by atoms with Crippen LogP contribution < -0.4 is 11.1 Å². The maximum Gasteiger partial charge on any atom is 0.290 e. The van der Waals surface area contributed by atoms with E-state index in [1.165, 1.54) is 12.8 Å². The van der Waals surface area contributed by atoms with E-state index in [0.29, 0.717) is 13.0 Å². The molecule has 0 unspecified atom stereocenters. The summed E-state index contributed by atoms with van der Waals surface area (Å²) >= 11 is 0. The SMILES string of the molecule is CC(C)NC(=O)[C@@H]1C[C@H](N)CN1C(=O)c1ccc(CN2CCCC2)o1. The number of nitrogens with one attached hydrogen (secondary N) is 1. The number of carbonyl (C=O) groups excluding carboxylic acids is 2. The first-order valence-electron chi connectivity index (χ1n) is 9.12. The lowest BCUT2D eigenvalue weighted by atomic mass is 10.1. The predicted octanol–water partition coefficient (Wildman–Crippen LogP) is 0.942. The van der Waals surface area contributed by atoms with Gasteiger partial charge in [-0.05, 0) is 58.3 Å². The molecule has 0 aliphatic carbocycles. The fourth-order valence-corrected chi connectivity index (χ4v) is 3.60. The van der Waals surface area contributed by atoms with Gasteiger partial charge < -0.3 is 20.4 Å². The number of carbonyl (C=O) groups is 2. The number of nitrogens with zero attached hydrogens (tertiary/aromatic N) is 2. The summed E-state index contributed by atoms with van der Waals surface area (Å²) in [5.41, 5.74) is 6.00. The zero-order valence-corrected chi connectivity index (χ0v) is 15.0. The van der Waals surface area contributed by atoms with Crippen LogP contribution in [-0.2, 0) is 11.3 Å². The van der Waals surface area contributed by atoms with E-state index in [1.54, 1.807) is 11.0 Å². The van der Waals surface area contributed by atoms with Crippen molar-refractivity contribution >= 4 is 11.8 Å². The Hall–Kier alpha value is -1.86. The Balaban J connectivity index is 1.68. The highest BCUT2D eigenvalue weighted by molar-refractivity contribution is 5.96. The number of hydrogen-bond acceptors (Lipinski definition) is 5. The van der Waals surface area contributed by atoms with E-state index < -0.39 is 6.04 Å². The summed E-state index contributed by atoms with van der Waals surface area (Å²) in [5.74, 6) is 0.659. The fraction of sp³-hybridized carbons (Fsp3) is 0.667. The molecular weight excluding hydrogens is 320 g/mol. The monoisotopic (exact) mass is 348 g/mol. The minimum Gasteiger partial charge on any atom is -0.455 e. The van der Waals surface area contributed by atoms with E-state index in [0.717, 1.165) is 25.4 Å². The molecule has 3 N–H and O–H groups in total. The molecule has 0 aromatic carbocycles. The third kappa shape index (κ3) is 4.22. The molecule has 2 saturated heterocycles. The summed E-state index contributed by atoms with van der Waals surface area (Å²) in [6.07, 6.45) is 2.90. The third-order valence-corrected chi connectivity index (χ3v) is 4.78. The zero-order valence-electron chi connectivity index (χ0n) is 15.0. The molecule has 0 saturated carbocycles. The molecule has 138 valence electrons. The Morgan fingerprint density at radius 2 is 2.04 bits per heavy atom. The average molecular weight is 348 g/mol.